The molecule has 0 aliphatic rings. The SMILES string of the molecule is COc1ccc(SCC(=O)Nc2nc3c(F)c(F)c(F)cc3s2)cc1. The lowest BCUT2D eigenvalue weighted by atomic mass is 10.3. The van der Waals surface area contributed by atoms with Crippen molar-refractivity contribution in [2.75, 3.05) is 18.2 Å². The molecule has 1 N–H and O–H groups in total. The summed E-state index contributed by atoms with van der Waals surface area (Å²) in [5.74, 6) is -3.77. The fourth-order valence-electron chi connectivity index (χ4n) is 2.00. The van der Waals surface area contributed by atoms with Crippen LogP contribution in [0.5, 0.6) is 5.75 Å². The van der Waals surface area contributed by atoms with Crippen LogP contribution >= 0.6 is 23.1 Å². The second-order valence-corrected chi connectivity index (χ2v) is 6.94. The molecule has 0 saturated heterocycles. The molecule has 130 valence electrons. The molecule has 9 heteroatoms. The van der Waals surface area contributed by atoms with Gasteiger partial charge in [-0.1, -0.05) is 11.3 Å². The summed E-state index contributed by atoms with van der Waals surface area (Å²) in [6.07, 6.45) is 0. The molecule has 2 aromatic carbocycles. The van der Waals surface area contributed by atoms with Crippen molar-refractivity contribution in [1.82, 2.24) is 4.98 Å². The third-order valence-electron chi connectivity index (χ3n) is 3.20. The van der Waals surface area contributed by atoms with Gasteiger partial charge in [0.1, 0.15) is 11.3 Å². The molecule has 0 aliphatic carbocycles. The van der Waals surface area contributed by atoms with Crippen LogP contribution in [0, 0.1) is 17.5 Å². The second-order valence-electron chi connectivity index (χ2n) is 4.86. The van der Waals surface area contributed by atoms with Gasteiger partial charge in [0.15, 0.2) is 22.6 Å². The third kappa shape index (κ3) is 3.88. The number of halogens is 3. The molecule has 4 nitrogen and oxygen atoms in total. The van der Waals surface area contributed by atoms with Crippen LogP contribution in [0.2, 0.25) is 0 Å². The number of thiazole rings is 1. The van der Waals surface area contributed by atoms with E-state index in [0.717, 1.165) is 22.3 Å². The molecule has 0 unspecified atom stereocenters. The van der Waals surface area contributed by atoms with Gasteiger partial charge in [-0.25, -0.2) is 18.2 Å². The van der Waals surface area contributed by atoms with Crippen molar-refractivity contribution in [3.8, 4) is 5.75 Å². The molecular formula is C16H11F3N2O2S2. The second kappa shape index (κ2) is 7.32. The van der Waals surface area contributed by atoms with Crippen molar-refractivity contribution < 1.29 is 22.7 Å². The van der Waals surface area contributed by atoms with Gasteiger partial charge >= 0.3 is 0 Å². The van der Waals surface area contributed by atoms with E-state index in [0.29, 0.717) is 5.75 Å². The van der Waals surface area contributed by atoms with Crippen LogP contribution < -0.4 is 10.1 Å². The van der Waals surface area contributed by atoms with Crippen LogP contribution in [0.1, 0.15) is 0 Å². The molecule has 0 bridgehead atoms. The topological polar surface area (TPSA) is 51.2 Å². The average molecular weight is 384 g/mol. The Bertz CT molecular complexity index is 929. The number of rotatable bonds is 5. The van der Waals surface area contributed by atoms with E-state index in [9.17, 15) is 18.0 Å². The van der Waals surface area contributed by atoms with E-state index in [2.05, 4.69) is 10.3 Å². The zero-order chi connectivity index (χ0) is 18.0. The molecule has 3 aromatic rings. The Morgan fingerprint density at radius 1 is 1.24 bits per heavy atom. The highest BCUT2D eigenvalue weighted by Gasteiger charge is 2.18. The van der Waals surface area contributed by atoms with E-state index in [-0.39, 0.29) is 27.0 Å². The first-order valence-corrected chi connectivity index (χ1v) is 8.79. The summed E-state index contributed by atoms with van der Waals surface area (Å²) >= 11 is 2.17. The van der Waals surface area contributed by atoms with Gasteiger partial charge in [-0.15, -0.1) is 11.8 Å². The van der Waals surface area contributed by atoms with Crippen molar-refractivity contribution in [1.29, 1.82) is 0 Å². The molecule has 0 spiro atoms. The number of fused-ring (bicyclic) bond motifs is 1. The highest BCUT2D eigenvalue weighted by Crippen LogP contribution is 2.30. The first-order chi connectivity index (χ1) is 12.0. The van der Waals surface area contributed by atoms with Crippen LogP contribution in [0.4, 0.5) is 18.3 Å². The summed E-state index contributed by atoms with van der Waals surface area (Å²) in [5, 5.41) is 2.58. The molecular weight excluding hydrogens is 373 g/mol. The first kappa shape index (κ1) is 17.6. The van der Waals surface area contributed by atoms with Crippen LogP contribution in [0.15, 0.2) is 35.2 Å². The number of nitrogens with zero attached hydrogens (tertiary/aromatic N) is 1. The fourth-order valence-corrected chi connectivity index (χ4v) is 3.61. The van der Waals surface area contributed by atoms with Gasteiger partial charge in [0.25, 0.3) is 0 Å². The van der Waals surface area contributed by atoms with Crippen molar-refractivity contribution in [2.45, 2.75) is 4.90 Å². The minimum absolute atomic E-state index is 0.0826. The van der Waals surface area contributed by atoms with Crippen molar-refractivity contribution >= 4 is 44.4 Å². The monoisotopic (exact) mass is 384 g/mol. The minimum Gasteiger partial charge on any atom is -0.497 e. The highest BCUT2D eigenvalue weighted by molar-refractivity contribution is 8.00. The van der Waals surface area contributed by atoms with Crippen molar-refractivity contribution in [2.24, 2.45) is 0 Å². The van der Waals surface area contributed by atoms with E-state index < -0.39 is 17.5 Å². The number of carbonyl (C=O) groups is 1. The predicted molar refractivity (Wildman–Crippen MR) is 91.8 cm³/mol. The number of nitrogens with one attached hydrogen (secondary N) is 1. The van der Waals surface area contributed by atoms with Gasteiger partial charge in [-0.05, 0) is 30.3 Å². The quantitative estimate of drug-likeness (QED) is 0.522. The minimum atomic E-state index is -1.58. The Morgan fingerprint density at radius 2 is 1.96 bits per heavy atom. The zero-order valence-electron chi connectivity index (χ0n) is 12.8. The standard InChI is InChI=1S/C16H11F3N2O2S2/c1-23-8-2-4-9(5-3-8)24-7-12(22)20-16-21-15-11(25-16)6-10(17)13(18)14(15)19/h2-6H,7H2,1H3,(H,20,21,22). The van der Waals surface area contributed by atoms with Crippen LogP contribution in [-0.4, -0.2) is 23.8 Å². The maximum atomic E-state index is 13.6. The largest absolute Gasteiger partial charge is 0.497 e. The summed E-state index contributed by atoms with van der Waals surface area (Å²) < 4.78 is 45.2. The van der Waals surface area contributed by atoms with E-state index in [1.165, 1.54) is 11.8 Å². The molecule has 1 amide bonds. The van der Waals surface area contributed by atoms with Crippen LogP contribution in [0.3, 0.4) is 0 Å². The number of benzene rings is 2. The van der Waals surface area contributed by atoms with Gasteiger partial charge in [0.2, 0.25) is 5.91 Å². The summed E-state index contributed by atoms with van der Waals surface area (Å²) in [4.78, 5) is 16.7. The molecule has 1 aromatic heterocycles. The van der Waals surface area contributed by atoms with E-state index in [1.807, 2.05) is 12.1 Å². The van der Waals surface area contributed by atoms with Gasteiger partial charge in [0, 0.05) is 4.90 Å². The number of carbonyl (C=O) groups excluding carboxylic acids is 1. The maximum absolute atomic E-state index is 13.6. The van der Waals surface area contributed by atoms with Crippen molar-refractivity contribution in [3.63, 3.8) is 0 Å². The summed E-state index contributed by atoms with van der Waals surface area (Å²) in [7, 11) is 1.56. The lowest BCUT2D eigenvalue weighted by Gasteiger charge is -2.03. The molecule has 0 aliphatic heterocycles. The molecule has 0 atom stereocenters. The Balaban J connectivity index is 1.66. The van der Waals surface area contributed by atoms with E-state index >= 15 is 0 Å². The van der Waals surface area contributed by atoms with Gasteiger partial charge < -0.3 is 10.1 Å². The predicted octanol–water partition coefficient (Wildman–Crippen LogP) is 4.45. The maximum Gasteiger partial charge on any atom is 0.236 e. The van der Waals surface area contributed by atoms with Crippen LogP contribution in [-0.2, 0) is 4.79 Å². The third-order valence-corrected chi connectivity index (χ3v) is 5.13. The number of aromatic nitrogens is 1. The number of amides is 1. The molecule has 0 fully saturated rings. The Morgan fingerprint density at radius 3 is 2.64 bits per heavy atom. The van der Waals surface area contributed by atoms with E-state index in [4.69, 9.17) is 4.74 Å². The molecule has 1 heterocycles. The Labute approximate surface area is 149 Å². The number of anilines is 1. The number of hydrogen-bond acceptors (Lipinski definition) is 5. The highest BCUT2D eigenvalue weighted by atomic mass is 32.2. The molecule has 0 saturated carbocycles. The lowest BCUT2D eigenvalue weighted by molar-refractivity contribution is -0.113. The molecule has 0 radical (unpaired) electrons. The number of methoxy groups -OCH3 is 1. The van der Waals surface area contributed by atoms with E-state index in [1.54, 1.807) is 19.2 Å². The summed E-state index contributed by atoms with van der Waals surface area (Å²) in [6, 6.07) is 8.04. The number of thioether (sulfide) groups is 1. The normalized spacial score (nSPS) is 10.9. The number of ether oxygens (including phenoxy) is 1. The van der Waals surface area contributed by atoms with Crippen molar-refractivity contribution in [3.05, 3.63) is 47.8 Å². The van der Waals surface area contributed by atoms with Crippen LogP contribution in [0.25, 0.3) is 10.2 Å². The molecule has 3 rings (SSSR count). The Kier molecular flexibility index (Phi) is 5.14. The number of hydrogen-bond donors (Lipinski definition) is 1. The summed E-state index contributed by atoms with van der Waals surface area (Å²) in [6.45, 7) is 0. The summed E-state index contributed by atoms with van der Waals surface area (Å²) in [5.41, 5.74) is -0.304. The fraction of sp³-hybridized carbons (Fsp3) is 0.125. The van der Waals surface area contributed by atoms with Gasteiger partial charge in [-0.3, -0.25) is 4.79 Å². The van der Waals surface area contributed by atoms with Gasteiger partial charge in [-0.2, -0.15) is 0 Å². The molecule has 25 heavy (non-hydrogen) atoms. The zero-order valence-corrected chi connectivity index (χ0v) is 14.4. The average Bonchev–Trinajstić information content (AvgIpc) is 3.00. The first-order valence-electron chi connectivity index (χ1n) is 6.98. The van der Waals surface area contributed by atoms with Gasteiger partial charge in [0.05, 0.1) is 17.6 Å². The Hall–Kier alpha value is -2.26. The lowest BCUT2D eigenvalue weighted by Crippen LogP contribution is -2.13. The smallest absolute Gasteiger partial charge is 0.236 e.